The van der Waals surface area contributed by atoms with E-state index in [4.69, 9.17) is 4.74 Å². The van der Waals surface area contributed by atoms with E-state index in [-0.39, 0.29) is 24.5 Å². The van der Waals surface area contributed by atoms with Crippen LogP contribution in [-0.2, 0) is 14.3 Å². The number of benzene rings is 1. The summed E-state index contributed by atoms with van der Waals surface area (Å²) in [6.07, 6.45) is 4.23. The molecular formula is C22H32N2O4. The third-order valence-electron chi connectivity index (χ3n) is 5.29. The van der Waals surface area contributed by atoms with E-state index in [0.29, 0.717) is 17.2 Å². The molecule has 0 bridgehead atoms. The van der Waals surface area contributed by atoms with E-state index in [1.807, 2.05) is 20.8 Å². The van der Waals surface area contributed by atoms with Crippen LogP contribution in [0.1, 0.15) is 63.7 Å². The third kappa shape index (κ3) is 6.08. The SMILES string of the molecule is CC1CCC(N(C)C(=O)COC(=O)c2cccc(NC(=O)C(C)(C)C)c2)CC1. The third-order valence-corrected chi connectivity index (χ3v) is 5.29. The minimum atomic E-state index is -0.578. The van der Waals surface area contributed by atoms with E-state index >= 15 is 0 Å². The molecule has 1 saturated carbocycles. The Hall–Kier alpha value is -2.37. The molecule has 6 nitrogen and oxygen atoms in total. The minimum absolute atomic E-state index is 0.142. The quantitative estimate of drug-likeness (QED) is 0.777. The first kappa shape index (κ1) is 21.9. The molecule has 1 aliphatic carbocycles. The fourth-order valence-electron chi connectivity index (χ4n) is 3.19. The van der Waals surface area contributed by atoms with Crippen molar-refractivity contribution in [2.75, 3.05) is 19.0 Å². The number of rotatable bonds is 5. The van der Waals surface area contributed by atoms with Crippen LogP contribution in [0, 0.1) is 11.3 Å². The first-order chi connectivity index (χ1) is 13.1. The van der Waals surface area contributed by atoms with Crippen LogP contribution >= 0.6 is 0 Å². The summed E-state index contributed by atoms with van der Waals surface area (Å²) in [6, 6.07) is 6.77. The number of ether oxygens (including phenoxy) is 1. The second-order valence-electron chi connectivity index (χ2n) is 8.78. The Kier molecular flexibility index (Phi) is 7.22. The molecule has 2 amide bonds. The Balaban J connectivity index is 1.89. The Labute approximate surface area is 167 Å². The average molecular weight is 389 g/mol. The molecule has 1 fully saturated rings. The standard InChI is InChI=1S/C22H32N2O4/c1-15-9-11-18(12-10-15)24(5)19(25)14-28-20(26)16-7-6-8-17(13-16)23-21(27)22(2,3)4/h6-8,13,15,18H,9-12,14H2,1-5H3,(H,23,27). The zero-order chi connectivity index (χ0) is 20.9. The van der Waals surface area contributed by atoms with Gasteiger partial charge < -0.3 is 15.0 Å². The summed E-state index contributed by atoms with van der Waals surface area (Å²) in [5, 5.41) is 2.78. The second-order valence-corrected chi connectivity index (χ2v) is 8.78. The number of likely N-dealkylation sites (N-methyl/N-ethyl adjacent to an activating group) is 1. The van der Waals surface area contributed by atoms with Gasteiger partial charge in [-0.2, -0.15) is 0 Å². The van der Waals surface area contributed by atoms with Gasteiger partial charge in [0.15, 0.2) is 6.61 Å². The lowest BCUT2D eigenvalue weighted by molar-refractivity contribution is -0.136. The Morgan fingerprint density at radius 3 is 2.39 bits per heavy atom. The minimum Gasteiger partial charge on any atom is -0.452 e. The highest BCUT2D eigenvalue weighted by Crippen LogP contribution is 2.26. The number of amides is 2. The molecule has 1 aromatic rings. The van der Waals surface area contributed by atoms with Crippen LogP contribution in [-0.4, -0.2) is 42.4 Å². The fourth-order valence-corrected chi connectivity index (χ4v) is 3.19. The maximum Gasteiger partial charge on any atom is 0.338 e. The molecule has 28 heavy (non-hydrogen) atoms. The molecule has 0 atom stereocenters. The zero-order valence-electron chi connectivity index (χ0n) is 17.6. The van der Waals surface area contributed by atoms with E-state index in [9.17, 15) is 14.4 Å². The Bertz CT molecular complexity index is 715. The predicted molar refractivity (Wildman–Crippen MR) is 109 cm³/mol. The zero-order valence-corrected chi connectivity index (χ0v) is 17.6. The van der Waals surface area contributed by atoms with Crippen molar-refractivity contribution in [2.45, 2.75) is 59.4 Å². The highest BCUT2D eigenvalue weighted by Gasteiger charge is 2.25. The molecule has 0 radical (unpaired) electrons. The van der Waals surface area contributed by atoms with Gasteiger partial charge in [-0.15, -0.1) is 0 Å². The number of nitrogens with zero attached hydrogens (tertiary/aromatic N) is 1. The van der Waals surface area contributed by atoms with Crippen LogP contribution in [0.15, 0.2) is 24.3 Å². The largest absolute Gasteiger partial charge is 0.452 e. The maximum absolute atomic E-state index is 12.4. The van der Waals surface area contributed by atoms with Gasteiger partial charge in [-0.25, -0.2) is 4.79 Å². The van der Waals surface area contributed by atoms with Gasteiger partial charge in [0.25, 0.3) is 5.91 Å². The molecule has 6 heteroatoms. The van der Waals surface area contributed by atoms with Gasteiger partial charge in [0.1, 0.15) is 0 Å². The van der Waals surface area contributed by atoms with Crippen molar-refractivity contribution in [3.8, 4) is 0 Å². The summed E-state index contributed by atoms with van der Waals surface area (Å²) in [6.45, 7) is 7.40. The molecule has 0 unspecified atom stereocenters. The molecule has 0 aliphatic heterocycles. The monoisotopic (exact) mass is 388 g/mol. The van der Waals surface area contributed by atoms with Crippen molar-refractivity contribution < 1.29 is 19.1 Å². The number of hydrogen-bond acceptors (Lipinski definition) is 4. The van der Waals surface area contributed by atoms with Gasteiger partial charge in [-0.1, -0.05) is 33.8 Å². The predicted octanol–water partition coefficient (Wildman–Crippen LogP) is 3.87. The summed E-state index contributed by atoms with van der Waals surface area (Å²) in [5.41, 5.74) is 0.285. The number of carbonyl (C=O) groups is 3. The van der Waals surface area contributed by atoms with Crippen molar-refractivity contribution in [1.29, 1.82) is 0 Å². The second kappa shape index (κ2) is 9.22. The van der Waals surface area contributed by atoms with Crippen LogP contribution in [0.5, 0.6) is 0 Å². The summed E-state index contributed by atoms with van der Waals surface area (Å²) in [7, 11) is 1.78. The van der Waals surface area contributed by atoms with E-state index < -0.39 is 11.4 Å². The number of anilines is 1. The number of hydrogen-bond donors (Lipinski definition) is 1. The molecule has 2 rings (SSSR count). The van der Waals surface area contributed by atoms with Gasteiger partial charge in [-0.3, -0.25) is 9.59 Å². The maximum atomic E-state index is 12.4. The van der Waals surface area contributed by atoms with Crippen molar-refractivity contribution in [1.82, 2.24) is 4.90 Å². The van der Waals surface area contributed by atoms with Gasteiger partial charge >= 0.3 is 5.97 Å². The van der Waals surface area contributed by atoms with Crippen LogP contribution in [0.2, 0.25) is 0 Å². The Morgan fingerprint density at radius 1 is 1.14 bits per heavy atom. The number of esters is 1. The van der Waals surface area contributed by atoms with Crippen molar-refractivity contribution in [3.05, 3.63) is 29.8 Å². The average Bonchev–Trinajstić information content (AvgIpc) is 2.65. The number of carbonyl (C=O) groups excluding carboxylic acids is 3. The van der Waals surface area contributed by atoms with Crippen molar-refractivity contribution in [2.24, 2.45) is 11.3 Å². The van der Waals surface area contributed by atoms with Crippen LogP contribution in [0.4, 0.5) is 5.69 Å². The topological polar surface area (TPSA) is 75.7 Å². The first-order valence-corrected chi connectivity index (χ1v) is 9.92. The highest BCUT2D eigenvalue weighted by atomic mass is 16.5. The van der Waals surface area contributed by atoms with Crippen molar-refractivity contribution >= 4 is 23.5 Å². The molecule has 1 N–H and O–H groups in total. The van der Waals surface area contributed by atoms with Gasteiger partial charge in [0.2, 0.25) is 5.91 Å². The first-order valence-electron chi connectivity index (χ1n) is 9.92. The lowest BCUT2D eigenvalue weighted by Gasteiger charge is -2.33. The molecule has 0 aromatic heterocycles. The highest BCUT2D eigenvalue weighted by molar-refractivity contribution is 5.97. The molecule has 1 aliphatic rings. The van der Waals surface area contributed by atoms with Crippen molar-refractivity contribution in [3.63, 3.8) is 0 Å². The molecular weight excluding hydrogens is 356 g/mol. The Morgan fingerprint density at radius 2 is 1.79 bits per heavy atom. The summed E-state index contributed by atoms with van der Waals surface area (Å²) in [5.74, 6) is -0.198. The molecule has 0 spiro atoms. The molecule has 0 heterocycles. The molecule has 154 valence electrons. The smallest absolute Gasteiger partial charge is 0.338 e. The normalized spacial score (nSPS) is 19.6. The van der Waals surface area contributed by atoms with E-state index in [1.54, 1.807) is 36.2 Å². The van der Waals surface area contributed by atoms with Gasteiger partial charge in [0, 0.05) is 24.2 Å². The number of nitrogens with one attached hydrogen (secondary N) is 1. The fraction of sp³-hybridized carbons (Fsp3) is 0.591. The van der Waals surface area contributed by atoms with Crippen LogP contribution in [0.25, 0.3) is 0 Å². The van der Waals surface area contributed by atoms with E-state index in [1.165, 1.54) is 0 Å². The van der Waals surface area contributed by atoms with Crippen LogP contribution in [0.3, 0.4) is 0 Å². The summed E-state index contributed by atoms with van der Waals surface area (Å²) in [4.78, 5) is 38.5. The van der Waals surface area contributed by atoms with Gasteiger partial charge in [0.05, 0.1) is 5.56 Å². The van der Waals surface area contributed by atoms with E-state index in [0.717, 1.165) is 25.7 Å². The van der Waals surface area contributed by atoms with Crippen LogP contribution < -0.4 is 5.32 Å². The van der Waals surface area contributed by atoms with E-state index in [2.05, 4.69) is 12.2 Å². The summed E-state index contributed by atoms with van der Waals surface area (Å²) >= 11 is 0. The summed E-state index contributed by atoms with van der Waals surface area (Å²) < 4.78 is 5.21. The molecule has 0 saturated heterocycles. The molecule has 1 aromatic carbocycles. The lowest BCUT2D eigenvalue weighted by atomic mass is 9.87. The van der Waals surface area contributed by atoms with Gasteiger partial charge in [-0.05, 0) is 49.8 Å². The lowest BCUT2D eigenvalue weighted by Crippen LogP contribution is -2.41.